The Labute approximate surface area is 174 Å². The van der Waals surface area contributed by atoms with Gasteiger partial charge in [-0.05, 0) is 37.5 Å². The van der Waals surface area contributed by atoms with E-state index in [9.17, 15) is 9.59 Å². The molecule has 1 aromatic carbocycles. The zero-order chi connectivity index (χ0) is 20.5. The molecule has 0 aliphatic heterocycles. The zero-order valence-electron chi connectivity index (χ0n) is 17.2. The minimum Gasteiger partial charge on any atom is -0.466 e. The van der Waals surface area contributed by atoms with Gasteiger partial charge in [-0.3, -0.25) is 9.59 Å². The maximum atomic E-state index is 11.8. The van der Waals surface area contributed by atoms with Crippen molar-refractivity contribution in [2.45, 2.75) is 90.4 Å². The Bertz CT molecular complexity index is 559. The maximum absolute atomic E-state index is 11.8. The van der Waals surface area contributed by atoms with E-state index < -0.39 is 0 Å². The molecule has 4 nitrogen and oxygen atoms in total. The number of ether oxygens (including phenoxy) is 2. The van der Waals surface area contributed by atoms with Crippen LogP contribution >= 0.6 is 11.6 Å². The highest BCUT2D eigenvalue weighted by Gasteiger charge is 2.07. The summed E-state index contributed by atoms with van der Waals surface area (Å²) in [5, 5.41) is 0.538. The Hall–Kier alpha value is -1.55. The summed E-state index contributed by atoms with van der Waals surface area (Å²) in [6.45, 7) is 2.75. The van der Waals surface area contributed by atoms with Gasteiger partial charge in [-0.2, -0.15) is 0 Å². The van der Waals surface area contributed by atoms with Crippen LogP contribution in [0, 0.1) is 0 Å². The summed E-state index contributed by atoms with van der Waals surface area (Å²) in [7, 11) is 0. The lowest BCUT2D eigenvalue weighted by Crippen LogP contribution is -2.08. The highest BCUT2D eigenvalue weighted by molar-refractivity contribution is 6.30. The Morgan fingerprint density at radius 2 is 1.43 bits per heavy atom. The highest BCUT2D eigenvalue weighted by atomic mass is 35.5. The largest absolute Gasteiger partial charge is 0.466 e. The summed E-state index contributed by atoms with van der Waals surface area (Å²) in [5.74, 6) is 0.0472. The zero-order valence-corrected chi connectivity index (χ0v) is 18.0. The predicted molar refractivity (Wildman–Crippen MR) is 114 cm³/mol. The van der Waals surface area contributed by atoms with Gasteiger partial charge in [0.05, 0.1) is 6.61 Å². The van der Waals surface area contributed by atoms with Crippen molar-refractivity contribution in [3.05, 3.63) is 29.3 Å². The van der Waals surface area contributed by atoms with E-state index in [-0.39, 0.29) is 11.9 Å². The van der Waals surface area contributed by atoms with Crippen molar-refractivity contribution in [1.82, 2.24) is 0 Å². The lowest BCUT2D eigenvalue weighted by molar-refractivity contribution is -0.143. The number of hydrogen-bond donors (Lipinski definition) is 0. The topological polar surface area (TPSA) is 52.6 Å². The molecule has 1 aromatic rings. The summed E-state index contributed by atoms with van der Waals surface area (Å²) in [5.41, 5.74) is 0. The van der Waals surface area contributed by atoms with Crippen molar-refractivity contribution < 1.29 is 19.1 Å². The van der Waals surface area contributed by atoms with Crippen LogP contribution in [-0.2, 0) is 14.3 Å². The van der Waals surface area contributed by atoms with Gasteiger partial charge in [-0.15, -0.1) is 0 Å². The standard InChI is InChI=1S/C23H35ClO4/c1-2-3-4-5-6-7-8-12-18-27-22(25)16-10-9-11-17-23(26)28-21-15-13-14-20(24)19-21/h13-15,19H,2-12,16-18H2,1H3. The molecular weight excluding hydrogens is 376 g/mol. The second-order valence-corrected chi connectivity index (χ2v) is 7.62. The van der Waals surface area contributed by atoms with E-state index >= 15 is 0 Å². The van der Waals surface area contributed by atoms with Crippen LogP contribution in [0.5, 0.6) is 5.75 Å². The van der Waals surface area contributed by atoms with Crippen molar-refractivity contribution in [2.24, 2.45) is 0 Å². The van der Waals surface area contributed by atoms with Crippen LogP contribution in [0.4, 0.5) is 0 Å². The average Bonchev–Trinajstić information content (AvgIpc) is 2.66. The third-order valence-electron chi connectivity index (χ3n) is 4.55. The lowest BCUT2D eigenvalue weighted by Gasteiger charge is -2.06. The van der Waals surface area contributed by atoms with Crippen LogP contribution in [0.2, 0.25) is 5.02 Å². The van der Waals surface area contributed by atoms with E-state index in [0.29, 0.717) is 36.6 Å². The van der Waals surface area contributed by atoms with Gasteiger partial charge in [0.25, 0.3) is 0 Å². The minimum atomic E-state index is -0.278. The van der Waals surface area contributed by atoms with Gasteiger partial charge in [0.15, 0.2) is 0 Å². The van der Waals surface area contributed by atoms with E-state index in [1.54, 1.807) is 24.3 Å². The van der Waals surface area contributed by atoms with Crippen LogP contribution in [0.3, 0.4) is 0 Å². The second kappa shape index (κ2) is 16.4. The minimum absolute atomic E-state index is 0.135. The molecule has 0 aromatic heterocycles. The monoisotopic (exact) mass is 410 g/mol. The van der Waals surface area contributed by atoms with Crippen molar-refractivity contribution in [3.63, 3.8) is 0 Å². The van der Waals surface area contributed by atoms with Crippen molar-refractivity contribution in [1.29, 1.82) is 0 Å². The number of halogens is 1. The number of carbonyl (C=O) groups is 2. The molecule has 158 valence electrons. The van der Waals surface area contributed by atoms with Crippen molar-refractivity contribution >= 4 is 23.5 Å². The Balaban J connectivity index is 1.91. The number of carbonyl (C=O) groups excluding carboxylic acids is 2. The number of hydrogen-bond acceptors (Lipinski definition) is 4. The quantitative estimate of drug-likeness (QED) is 0.169. The molecule has 0 N–H and O–H groups in total. The normalized spacial score (nSPS) is 10.6. The summed E-state index contributed by atoms with van der Waals surface area (Å²) in [6.07, 6.45) is 12.9. The maximum Gasteiger partial charge on any atom is 0.311 e. The van der Waals surface area contributed by atoms with Crippen molar-refractivity contribution in [3.8, 4) is 5.75 Å². The predicted octanol–water partition coefficient (Wildman–Crippen LogP) is 6.88. The second-order valence-electron chi connectivity index (χ2n) is 7.19. The average molecular weight is 411 g/mol. The van der Waals surface area contributed by atoms with Crippen LogP contribution < -0.4 is 4.74 Å². The van der Waals surface area contributed by atoms with Gasteiger partial charge in [0.1, 0.15) is 5.75 Å². The smallest absolute Gasteiger partial charge is 0.311 e. The fourth-order valence-corrected chi connectivity index (χ4v) is 3.10. The first-order valence-corrected chi connectivity index (χ1v) is 11.1. The molecule has 0 radical (unpaired) electrons. The molecule has 1 rings (SSSR count). The molecule has 0 spiro atoms. The fraction of sp³-hybridized carbons (Fsp3) is 0.652. The molecule has 0 fully saturated rings. The van der Waals surface area contributed by atoms with Crippen LogP contribution in [0.1, 0.15) is 90.4 Å². The Morgan fingerprint density at radius 3 is 2.11 bits per heavy atom. The van der Waals surface area contributed by atoms with Gasteiger partial charge in [0.2, 0.25) is 0 Å². The molecule has 0 saturated heterocycles. The molecule has 0 amide bonds. The summed E-state index contributed by atoms with van der Waals surface area (Å²) < 4.78 is 10.5. The number of esters is 2. The summed E-state index contributed by atoms with van der Waals surface area (Å²) >= 11 is 5.85. The van der Waals surface area contributed by atoms with Gasteiger partial charge < -0.3 is 9.47 Å². The number of rotatable bonds is 16. The van der Waals surface area contributed by atoms with Crippen LogP contribution in [0.25, 0.3) is 0 Å². The molecular formula is C23H35ClO4. The van der Waals surface area contributed by atoms with E-state index in [4.69, 9.17) is 21.1 Å². The molecule has 28 heavy (non-hydrogen) atoms. The lowest BCUT2D eigenvalue weighted by atomic mass is 10.1. The third kappa shape index (κ3) is 13.6. The molecule has 0 heterocycles. The van der Waals surface area contributed by atoms with Crippen LogP contribution in [-0.4, -0.2) is 18.5 Å². The summed E-state index contributed by atoms with van der Waals surface area (Å²) in [4.78, 5) is 23.5. The SMILES string of the molecule is CCCCCCCCCCOC(=O)CCCCCC(=O)Oc1cccc(Cl)c1. The fourth-order valence-electron chi connectivity index (χ4n) is 2.92. The van der Waals surface area contributed by atoms with E-state index in [0.717, 1.165) is 25.7 Å². The molecule has 0 aliphatic carbocycles. The molecule has 0 saturated carbocycles. The van der Waals surface area contributed by atoms with Gasteiger partial charge in [-0.1, -0.05) is 76.0 Å². The number of benzene rings is 1. The summed E-state index contributed by atoms with van der Waals surface area (Å²) in [6, 6.07) is 6.78. The first-order chi connectivity index (χ1) is 13.6. The molecule has 0 atom stereocenters. The Morgan fingerprint density at radius 1 is 0.821 bits per heavy atom. The van der Waals surface area contributed by atoms with Gasteiger partial charge in [0, 0.05) is 17.9 Å². The molecule has 0 bridgehead atoms. The van der Waals surface area contributed by atoms with Gasteiger partial charge in [-0.25, -0.2) is 0 Å². The molecule has 0 aliphatic rings. The van der Waals surface area contributed by atoms with Crippen molar-refractivity contribution in [2.75, 3.05) is 6.61 Å². The first kappa shape index (κ1) is 24.5. The van der Waals surface area contributed by atoms with Crippen LogP contribution in [0.15, 0.2) is 24.3 Å². The van der Waals surface area contributed by atoms with E-state index in [2.05, 4.69) is 6.92 Å². The first-order valence-electron chi connectivity index (χ1n) is 10.7. The third-order valence-corrected chi connectivity index (χ3v) is 4.79. The number of unbranched alkanes of at least 4 members (excludes halogenated alkanes) is 9. The van der Waals surface area contributed by atoms with E-state index in [1.165, 1.54) is 38.5 Å². The van der Waals surface area contributed by atoms with E-state index in [1.807, 2.05) is 0 Å². The molecule has 0 unspecified atom stereocenters. The molecule has 5 heteroatoms. The Kier molecular flexibility index (Phi) is 14.4. The highest BCUT2D eigenvalue weighted by Crippen LogP contribution is 2.18. The van der Waals surface area contributed by atoms with Gasteiger partial charge >= 0.3 is 11.9 Å².